The van der Waals surface area contributed by atoms with Crippen molar-refractivity contribution < 1.29 is 18.3 Å². The normalized spacial score (nSPS) is 11.5. The molecule has 0 aliphatic rings. The first kappa shape index (κ1) is 20.0. The SMILES string of the molecule is COc1ccc2c(=O)oc3c(OC)cc(CCN(C)C)c4c(=O)oc1c2c34.Cl. The Morgan fingerprint density at radius 3 is 2.18 bits per heavy atom. The van der Waals surface area contributed by atoms with E-state index >= 15 is 0 Å². The minimum absolute atomic E-state index is 0. The van der Waals surface area contributed by atoms with Crippen LogP contribution in [0, 0.1) is 0 Å². The third-order valence-electron chi connectivity index (χ3n) is 4.78. The Morgan fingerprint density at radius 1 is 0.893 bits per heavy atom. The third-order valence-corrected chi connectivity index (χ3v) is 4.78. The quantitative estimate of drug-likeness (QED) is 0.373. The van der Waals surface area contributed by atoms with Gasteiger partial charge in [0.1, 0.15) is 0 Å². The highest BCUT2D eigenvalue weighted by Crippen LogP contribution is 2.40. The molecule has 0 amide bonds. The van der Waals surface area contributed by atoms with Crippen LogP contribution in [-0.4, -0.2) is 39.8 Å². The minimum Gasteiger partial charge on any atom is -0.493 e. The number of nitrogens with zero attached hydrogens (tertiary/aromatic N) is 1. The monoisotopic (exact) mass is 405 g/mol. The molecule has 0 spiro atoms. The highest BCUT2D eigenvalue weighted by atomic mass is 35.5. The zero-order chi connectivity index (χ0) is 19.3. The molecule has 0 radical (unpaired) electrons. The molecule has 0 fully saturated rings. The number of benzene rings is 2. The predicted molar refractivity (Wildman–Crippen MR) is 110 cm³/mol. The number of methoxy groups -OCH3 is 2. The van der Waals surface area contributed by atoms with Crippen molar-refractivity contribution in [3.63, 3.8) is 0 Å². The van der Waals surface area contributed by atoms with Gasteiger partial charge in [0.25, 0.3) is 0 Å². The van der Waals surface area contributed by atoms with Crippen LogP contribution in [0.2, 0.25) is 0 Å². The lowest BCUT2D eigenvalue weighted by molar-refractivity contribution is 0.402. The fraction of sp³-hybridized carbons (Fsp3) is 0.300. The topological polar surface area (TPSA) is 82.1 Å². The molecule has 2 heterocycles. The second-order valence-corrected chi connectivity index (χ2v) is 6.67. The van der Waals surface area contributed by atoms with Gasteiger partial charge in [-0.1, -0.05) is 0 Å². The number of ether oxygens (including phenoxy) is 2. The third kappa shape index (κ3) is 2.87. The van der Waals surface area contributed by atoms with Crippen LogP contribution >= 0.6 is 12.4 Å². The number of hydrogen-bond donors (Lipinski definition) is 0. The van der Waals surface area contributed by atoms with Crippen molar-refractivity contribution in [1.82, 2.24) is 4.90 Å². The van der Waals surface area contributed by atoms with Gasteiger partial charge >= 0.3 is 11.3 Å². The van der Waals surface area contributed by atoms with Gasteiger partial charge in [-0.25, -0.2) is 9.59 Å². The second-order valence-electron chi connectivity index (χ2n) is 6.67. The molecule has 8 heteroatoms. The van der Waals surface area contributed by atoms with Gasteiger partial charge in [0.05, 0.1) is 25.0 Å². The summed E-state index contributed by atoms with van der Waals surface area (Å²) in [7, 11) is 6.90. The molecule has 0 aliphatic carbocycles. The van der Waals surface area contributed by atoms with Gasteiger partial charge in [0.15, 0.2) is 22.7 Å². The maximum atomic E-state index is 12.9. The summed E-state index contributed by atoms with van der Waals surface area (Å²) in [6, 6.07) is 4.94. The smallest absolute Gasteiger partial charge is 0.344 e. The predicted octanol–water partition coefficient (Wildman–Crippen LogP) is 3.03. The highest BCUT2D eigenvalue weighted by molar-refractivity contribution is 6.21. The molecular formula is C20H20ClNO6. The van der Waals surface area contributed by atoms with E-state index in [4.69, 9.17) is 18.3 Å². The Labute approximate surface area is 166 Å². The average molecular weight is 406 g/mol. The molecule has 2 aromatic heterocycles. The Morgan fingerprint density at radius 2 is 1.54 bits per heavy atom. The van der Waals surface area contributed by atoms with Crippen LogP contribution in [-0.2, 0) is 6.42 Å². The van der Waals surface area contributed by atoms with Gasteiger partial charge in [0.2, 0.25) is 0 Å². The van der Waals surface area contributed by atoms with Gasteiger partial charge in [-0.05, 0) is 44.3 Å². The van der Waals surface area contributed by atoms with Gasteiger partial charge in [0, 0.05) is 17.3 Å². The lowest BCUT2D eigenvalue weighted by Gasteiger charge is -2.16. The summed E-state index contributed by atoms with van der Waals surface area (Å²) in [6.45, 7) is 0.736. The molecule has 0 saturated heterocycles. The summed E-state index contributed by atoms with van der Waals surface area (Å²) in [4.78, 5) is 27.4. The van der Waals surface area contributed by atoms with Crippen molar-refractivity contribution >= 4 is 45.1 Å². The molecule has 0 aliphatic heterocycles. The fourth-order valence-electron chi connectivity index (χ4n) is 3.49. The largest absolute Gasteiger partial charge is 0.493 e. The standard InChI is InChI=1S/C20H19NO6.ClH/c1-21(2)8-7-10-9-13(25-4)18-16-14(10)20(23)27-17-12(24-3)6-5-11(15(16)17)19(22)26-18;/h5-6,9H,7-8H2,1-4H3;1H. The van der Waals surface area contributed by atoms with Gasteiger partial charge in [-0.2, -0.15) is 0 Å². The first-order valence-electron chi connectivity index (χ1n) is 8.50. The van der Waals surface area contributed by atoms with E-state index in [9.17, 15) is 9.59 Å². The minimum atomic E-state index is -0.523. The summed E-state index contributed by atoms with van der Waals surface area (Å²) < 4.78 is 21.9. The number of rotatable bonds is 5. The summed E-state index contributed by atoms with van der Waals surface area (Å²) in [6.07, 6.45) is 0.615. The zero-order valence-electron chi connectivity index (χ0n) is 16.0. The lowest BCUT2D eigenvalue weighted by Crippen LogP contribution is -2.17. The Bertz CT molecular complexity index is 1270. The molecule has 0 saturated carbocycles. The van der Waals surface area contributed by atoms with Gasteiger partial charge in [-0.15, -0.1) is 12.4 Å². The van der Waals surface area contributed by atoms with E-state index in [2.05, 4.69) is 0 Å². The van der Waals surface area contributed by atoms with Crippen molar-refractivity contribution in [2.24, 2.45) is 0 Å². The van der Waals surface area contributed by atoms with E-state index < -0.39 is 11.3 Å². The molecule has 7 nitrogen and oxygen atoms in total. The molecule has 0 atom stereocenters. The Kier molecular flexibility index (Phi) is 5.23. The highest BCUT2D eigenvalue weighted by Gasteiger charge is 2.24. The Balaban J connectivity index is 0.00000225. The Hall–Kier alpha value is -2.77. The molecule has 2 aromatic carbocycles. The zero-order valence-corrected chi connectivity index (χ0v) is 16.8. The van der Waals surface area contributed by atoms with E-state index in [0.29, 0.717) is 39.5 Å². The summed E-state index contributed by atoms with van der Waals surface area (Å²) in [5.74, 6) is 0.788. The first-order chi connectivity index (χ1) is 13.0. The van der Waals surface area contributed by atoms with Gasteiger partial charge < -0.3 is 23.2 Å². The summed E-state index contributed by atoms with van der Waals surface area (Å²) in [5.41, 5.74) is 0.233. The molecule has 4 aromatic rings. The molecule has 148 valence electrons. The number of likely N-dealkylation sites (N-methyl/N-ethyl adjacent to an activating group) is 1. The van der Waals surface area contributed by atoms with Crippen LogP contribution < -0.4 is 20.7 Å². The molecule has 0 N–H and O–H groups in total. The van der Waals surface area contributed by atoms with Crippen LogP contribution in [0.5, 0.6) is 11.5 Å². The summed E-state index contributed by atoms with van der Waals surface area (Å²) >= 11 is 0. The lowest BCUT2D eigenvalue weighted by atomic mass is 9.97. The molecule has 0 bridgehead atoms. The first-order valence-corrected chi connectivity index (χ1v) is 8.50. The van der Waals surface area contributed by atoms with E-state index in [1.165, 1.54) is 14.2 Å². The molecule has 4 rings (SSSR count). The van der Waals surface area contributed by atoms with E-state index in [1.807, 2.05) is 19.0 Å². The van der Waals surface area contributed by atoms with Crippen molar-refractivity contribution in [2.45, 2.75) is 6.42 Å². The van der Waals surface area contributed by atoms with Crippen LogP contribution in [0.1, 0.15) is 5.56 Å². The number of halogens is 1. The van der Waals surface area contributed by atoms with Crippen LogP contribution in [0.4, 0.5) is 0 Å². The van der Waals surface area contributed by atoms with Crippen LogP contribution in [0.15, 0.2) is 36.6 Å². The maximum Gasteiger partial charge on any atom is 0.344 e. The fourth-order valence-corrected chi connectivity index (χ4v) is 3.49. The van der Waals surface area contributed by atoms with Crippen LogP contribution in [0.25, 0.3) is 32.7 Å². The van der Waals surface area contributed by atoms with Crippen molar-refractivity contribution in [3.8, 4) is 11.5 Å². The maximum absolute atomic E-state index is 12.9. The molecule has 28 heavy (non-hydrogen) atoms. The number of hydrogen-bond acceptors (Lipinski definition) is 7. The molecular weight excluding hydrogens is 386 g/mol. The van der Waals surface area contributed by atoms with Crippen molar-refractivity contribution in [1.29, 1.82) is 0 Å². The average Bonchev–Trinajstić information content (AvgIpc) is 2.65. The second kappa shape index (κ2) is 7.33. The van der Waals surface area contributed by atoms with Crippen molar-refractivity contribution in [2.75, 3.05) is 34.9 Å². The van der Waals surface area contributed by atoms with E-state index in [0.717, 1.165) is 12.1 Å². The summed E-state index contributed by atoms with van der Waals surface area (Å²) in [5, 5.41) is 1.78. The van der Waals surface area contributed by atoms with Crippen LogP contribution in [0.3, 0.4) is 0 Å². The van der Waals surface area contributed by atoms with Gasteiger partial charge in [-0.3, -0.25) is 0 Å². The van der Waals surface area contributed by atoms with E-state index in [-0.39, 0.29) is 23.6 Å². The van der Waals surface area contributed by atoms with E-state index in [1.54, 1.807) is 18.2 Å². The van der Waals surface area contributed by atoms with Crippen molar-refractivity contribution in [3.05, 3.63) is 44.6 Å². The molecule has 0 unspecified atom stereocenters.